The third-order valence-corrected chi connectivity index (χ3v) is 3.54. The summed E-state index contributed by atoms with van der Waals surface area (Å²) in [4.78, 5) is 9.05. The van der Waals surface area contributed by atoms with Crippen LogP contribution in [0.25, 0.3) is 22.6 Å². The Balaban J connectivity index is 2.21. The molecule has 0 fully saturated rings. The minimum Gasteiger partial charge on any atom is -0.326 e. The summed E-state index contributed by atoms with van der Waals surface area (Å²) in [5.41, 5.74) is 9.62. The highest BCUT2D eigenvalue weighted by Gasteiger charge is 2.12. The van der Waals surface area contributed by atoms with Crippen molar-refractivity contribution in [2.24, 2.45) is 5.73 Å². The van der Waals surface area contributed by atoms with Crippen molar-refractivity contribution >= 4 is 22.6 Å². The predicted octanol–water partition coefficient (Wildman–Crippen LogP) is 3.23. The van der Waals surface area contributed by atoms with Gasteiger partial charge in [0.1, 0.15) is 5.69 Å². The Morgan fingerprint density at radius 2 is 2.10 bits per heavy atom. The molecule has 0 spiro atoms. The maximum atomic E-state index is 5.89. The molecule has 0 atom stereocenters. The molecule has 0 aliphatic carbocycles. The van der Waals surface area contributed by atoms with E-state index in [0.717, 1.165) is 34.7 Å². The molecule has 0 saturated carbocycles. The van der Waals surface area contributed by atoms with E-state index in [0.29, 0.717) is 11.6 Å². The van der Waals surface area contributed by atoms with Gasteiger partial charge in [0, 0.05) is 19.3 Å². The first-order valence-electron chi connectivity index (χ1n) is 6.54. The lowest BCUT2D eigenvalue weighted by Gasteiger charge is -2.05. The third kappa shape index (κ3) is 2.17. The smallest absolute Gasteiger partial charge is 0.159 e. The fourth-order valence-corrected chi connectivity index (χ4v) is 2.44. The van der Waals surface area contributed by atoms with Gasteiger partial charge >= 0.3 is 0 Å². The molecule has 3 rings (SSSR count). The van der Waals surface area contributed by atoms with Gasteiger partial charge in [0.25, 0.3) is 0 Å². The van der Waals surface area contributed by atoms with Crippen molar-refractivity contribution < 1.29 is 0 Å². The lowest BCUT2D eigenvalue weighted by Crippen LogP contribution is -1.99. The van der Waals surface area contributed by atoms with Crippen LogP contribution in [0, 0.1) is 0 Å². The van der Waals surface area contributed by atoms with Crippen molar-refractivity contribution in [2.45, 2.75) is 20.0 Å². The summed E-state index contributed by atoms with van der Waals surface area (Å²) in [6.07, 6.45) is 1.64. The molecular weight excluding hydrogens is 272 g/mol. The van der Waals surface area contributed by atoms with Crippen LogP contribution in [0.1, 0.15) is 12.5 Å². The van der Waals surface area contributed by atoms with E-state index in [2.05, 4.69) is 22.5 Å². The first-order valence-corrected chi connectivity index (χ1v) is 6.92. The topological polar surface area (TPSA) is 56.7 Å². The molecule has 3 aromatic rings. The van der Waals surface area contributed by atoms with Crippen molar-refractivity contribution in [3.8, 4) is 11.5 Å². The lowest BCUT2D eigenvalue weighted by molar-refractivity contribution is 0.793. The van der Waals surface area contributed by atoms with Gasteiger partial charge in [-0.3, -0.25) is 4.98 Å². The first kappa shape index (κ1) is 13.1. The fourth-order valence-electron chi connectivity index (χ4n) is 2.33. The minimum atomic E-state index is 0.517. The van der Waals surface area contributed by atoms with Crippen molar-refractivity contribution in [1.29, 1.82) is 0 Å². The Hall–Kier alpha value is -1.91. The van der Waals surface area contributed by atoms with Crippen LogP contribution in [-0.4, -0.2) is 14.5 Å². The summed E-state index contributed by atoms with van der Waals surface area (Å²) in [6.45, 7) is 3.44. The molecule has 0 aliphatic rings. The summed E-state index contributed by atoms with van der Waals surface area (Å²) < 4.78 is 2.14. The summed E-state index contributed by atoms with van der Waals surface area (Å²) in [7, 11) is 0. The van der Waals surface area contributed by atoms with E-state index in [1.165, 1.54) is 0 Å². The third-order valence-electron chi connectivity index (χ3n) is 3.32. The number of aryl methyl sites for hydroxylation is 1. The number of hydrogen-bond acceptors (Lipinski definition) is 3. The van der Waals surface area contributed by atoms with Gasteiger partial charge in [-0.25, -0.2) is 4.98 Å². The van der Waals surface area contributed by atoms with E-state index in [9.17, 15) is 0 Å². The predicted molar refractivity (Wildman–Crippen MR) is 81.5 cm³/mol. The number of benzene rings is 1. The highest BCUT2D eigenvalue weighted by Crippen LogP contribution is 2.25. The number of rotatable bonds is 3. The first-order chi connectivity index (χ1) is 9.72. The number of hydrogen-bond donors (Lipinski definition) is 1. The van der Waals surface area contributed by atoms with Gasteiger partial charge in [-0.05, 0) is 36.8 Å². The van der Waals surface area contributed by atoms with Gasteiger partial charge in [-0.2, -0.15) is 0 Å². The summed E-state index contributed by atoms with van der Waals surface area (Å²) in [5, 5.41) is 0.623. The van der Waals surface area contributed by atoms with Crippen LogP contribution in [-0.2, 0) is 13.1 Å². The fraction of sp³-hybridized carbons (Fsp3) is 0.200. The molecule has 5 heteroatoms. The molecule has 2 aromatic heterocycles. The van der Waals surface area contributed by atoms with Gasteiger partial charge in [-0.15, -0.1) is 0 Å². The zero-order chi connectivity index (χ0) is 14.1. The van der Waals surface area contributed by atoms with Crippen LogP contribution in [0.15, 0.2) is 36.5 Å². The van der Waals surface area contributed by atoms with Crippen LogP contribution >= 0.6 is 11.6 Å². The molecule has 0 bridgehead atoms. The molecule has 0 amide bonds. The molecule has 1 aromatic carbocycles. The number of pyridine rings is 1. The van der Waals surface area contributed by atoms with Crippen molar-refractivity contribution in [3.63, 3.8) is 0 Å². The largest absolute Gasteiger partial charge is 0.326 e. The van der Waals surface area contributed by atoms with Crippen molar-refractivity contribution in [1.82, 2.24) is 14.5 Å². The maximum absolute atomic E-state index is 5.89. The number of fused-ring (bicyclic) bond motifs is 1. The number of aromatic nitrogens is 3. The average Bonchev–Trinajstić information content (AvgIpc) is 2.85. The SMILES string of the molecule is CCn1c(-c2ccc(Cl)cn2)nc2cc(CN)ccc21. The molecule has 4 nitrogen and oxygen atoms in total. The highest BCUT2D eigenvalue weighted by molar-refractivity contribution is 6.30. The molecular formula is C15H15ClN4. The Morgan fingerprint density at radius 1 is 1.25 bits per heavy atom. The second-order valence-electron chi connectivity index (χ2n) is 4.57. The average molecular weight is 287 g/mol. The second kappa shape index (κ2) is 5.23. The van der Waals surface area contributed by atoms with Crippen molar-refractivity contribution in [2.75, 3.05) is 0 Å². The Morgan fingerprint density at radius 3 is 2.75 bits per heavy atom. The Labute approximate surface area is 122 Å². The summed E-state index contributed by atoms with van der Waals surface area (Å²) >= 11 is 5.89. The van der Waals surface area contributed by atoms with Crippen LogP contribution in [0.2, 0.25) is 5.02 Å². The van der Waals surface area contributed by atoms with Gasteiger partial charge < -0.3 is 10.3 Å². The zero-order valence-corrected chi connectivity index (χ0v) is 11.9. The van der Waals surface area contributed by atoms with Gasteiger partial charge in [-0.1, -0.05) is 17.7 Å². The zero-order valence-electron chi connectivity index (χ0n) is 11.2. The van der Waals surface area contributed by atoms with E-state index in [4.69, 9.17) is 22.3 Å². The molecule has 20 heavy (non-hydrogen) atoms. The molecule has 2 heterocycles. The Bertz CT molecular complexity index is 746. The molecule has 0 aliphatic heterocycles. The second-order valence-corrected chi connectivity index (χ2v) is 5.00. The summed E-state index contributed by atoms with van der Waals surface area (Å²) in [6, 6.07) is 9.84. The van der Waals surface area contributed by atoms with Crippen LogP contribution in [0.5, 0.6) is 0 Å². The maximum Gasteiger partial charge on any atom is 0.159 e. The van der Waals surface area contributed by atoms with E-state index >= 15 is 0 Å². The van der Waals surface area contributed by atoms with Crippen molar-refractivity contribution in [3.05, 3.63) is 47.1 Å². The van der Waals surface area contributed by atoms with Crippen LogP contribution in [0.4, 0.5) is 0 Å². The molecule has 102 valence electrons. The molecule has 0 radical (unpaired) electrons. The molecule has 2 N–H and O–H groups in total. The normalized spacial score (nSPS) is 11.2. The monoisotopic (exact) mass is 286 g/mol. The minimum absolute atomic E-state index is 0.517. The molecule has 0 saturated heterocycles. The Kier molecular flexibility index (Phi) is 3.42. The number of nitrogens with two attached hydrogens (primary N) is 1. The lowest BCUT2D eigenvalue weighted by atomic mass is 10.2. The highest BCUT2D eigenvalue weighted by atomic mass is 35.5. The van der Waals surface area contributed by atoms with Gasteiger partial charge in [0.05, 0.1) is 16.1 Å². The van der Waals surface area contributed by atoms with E-state index < -0.39 is 0 Å². The number of imidazole rings is 1. The van der Waals surface area contributed by atoms with E-state index in [-0.39, 0.29) is 0 Å². The van der Waals surface area contributed by atoms with Crippen LogP contribution < -0.4 is 5.73 Å². The molecule has 0 unspecified atom stereocenters. The summed E-state index contributed by atoms with van der Waals surface area (Å²) in [5.74, 6) is 0.855. The standard InChI is InChI=1S/C15H15ClN4/c1-2-20-14-6-3-10(8-17)7-13(14)19-15(20)12-5-4-11(16)9-18-12/h3-7,9H,2,8,17H2,1H3. The quantitative estimate of drug-likeness (QED) is 0.804. The van der Waals surface area contributed by atoms with E-state index in [1.807, 2.05) is 24.3 Å². The van der Waals surface area contributed by atoms with E-state index in [1.54, 1.807) is 6.20 Å². The number of halogens is 1. The van der Waals surface area contributed by atoms with Crippen LogP contribution in [0.3, 0.4) is 0 Å². The van der Waals surface area contributed by atoms with Gasteiger partial charge in [0.15, 0.2) is 5.82 Å². The number of nitrogens with zero attached hydrogens (tertiary/aromatic N) is 3. The van der Waals surface area contributed by atoms with Gasteiger partial charge in [0.2, 0.25) is 0 Å².